The molecule has 0 aliphatic heterocycles. The topological polar surface area (TPSA) is 46.5 Å². The van der Waals surface area contributed by atoms with Crippen molar-refractivity contribution in [1.29, 1.82) is 0 Å². The zero-order valence-corrected chi connectivity index (χ0v) is 9.07. The van der Waals surface area contributed by atoms with Gasteiger partial charge in [-0.25, -0.2) is 0 Å². The van der Waals surface area contributed by atoms with E-state index >= 15 is 0 Å². The molecule has 4 heteroatoms. The van der Waals surface area contributed by atoms with Crippen LogP contribution in [0.3, 0.4) is 0 Å². The molecule has 0 amide bonds. The summed E-state index contributed by atoms with van der Waals surface area (Å²) in [6.07, 6.45) is 0.696. The third-order valence-electron chi connectivity index (χ3n) is 1.34. The number of hydrogen-bond donors (Lipinski definition) is 1. The predicted octanol–water partition coefficient (Wildman–Crippen LogP) is 0.832. The van der Waals surface area contributed by atoms with Crippen molar-refractivity contribution in [2.24, 2.45) is 0 Å². The number of phenolic OH excluding ortho intramolecular Hbond substituents is 1. The van der Waals surface area contributed by atoms with Gasteiger partial charge in [-0.15, -0.1) is 0 Å². The van der Waals surface area contributed by atoms with Crippen LogP contribution in [-0.4, -0.2) is 48.1 Å². The van der Waals surface area contributed by atoms with Crippen LogP contribution in [0.4, 0.5) is 0 Å². The normalized spacial score (nSPS) is 8.42. The molecule has 0 unspecified atom stereocenters. The number of benzene rings is 1. The van der Waals surface area contributed by atoms with Crippen LogP contribution in [0, 0.1) is 0 Å². The summed E-state index contributed by atoms with van der Waals surface area (Å²) < 4.78 is 4.78. The molecule has 1 radical (unpaired) electrons. The van der Waals surface area contributed by atoms with E-state index in [0.717, 1.165) is 0 Å². The van der Waals surface area contributed by atoms with Gasteiger partial charge in [-0.3, -0.25) is 4.79 Å². The van der Waals surface area contributed by atoms with E-state index in [2.05, 4.69) is 0 Å². The van der Waals surface area contributed by atoms with Crippen LogP contribution in [0.2, 0.25) is 0 Å². The van der Waals surface area contributed by atoms with Crippen LogP contribution in [0.5, 0.6) is 11.5 Å². The molecule has 1 aromatic carbocycles. The molecule has 1 aromatic rings. The monoisotopic (exact) mass is 175 g/mol. The van der Waals surface area contributed by atoms with Gasteiger partial charge in [0.05, 0.1) is 7.11 Å². The number of aromatic hydroxyl groups is 1. The molecule has 0 saturated heterocycles. The first-order valence-electron chi connectivity index (χ1n) is 3.10. The van der Waals surface area contributed by atoms with Crippen molar-refractivity contribution in [1.82, 2.24) is 0 Å². The molecule has 0 aromatic heterocycles. The maximum atomic E-state index is 10.2. The molecule has 0 aliphatic rings. The molecule has 0 spiro atoms. The molecule has 12 heavy (non-hydrogen) atoms. The SMILES string of the molecule is COc1cc(C=O)ccc1O.[Na]. The van der Waals surface area contributed by atoms with Gasteiger partial charge >= 0.3 is 0 Å². The number of hydrogen-bond acceptors (Lipinski definition) is 3. The summed E-state index contributed by atoms with van der Waals surface area (Å²) >= 11 is 0. The Morgan fingerprint density at radius 1 is 1.50 bits per heavy atom. The van der Waals surface area contributed by atoms with Crippen molar-refractivity contribution < 1.29 is 14.6 Å². The molecule has 1 N–H and O–H groups in total. The van der Waals surface area contributed by atoms with Crippen molar-refractivity contribution in [3.05, 3.63) is 23.8 Å². The molecular formula is C8H8NaO3. The summed E-state index contributed by atoms with van der Waals surface area (Å²) in [5.74, 6) is 0.354. The van der Waals surface area contributed by atoms with Crippen LogP contribution in [0.1, 0.15) is 10.4 Å². The zero-order chi connectivity index (χ0) is 8.27. The van der Waals surface area contributed by atoms with Crippen molar-refractivity contribution in [3.8, 4) is 11.5 Å². The summed E-state index contributed by atoms with van der Waals surface area (Å²) in [5, 5.41) is 9.09. The van der Waals surface area contributed by atoms with Gasteiger partial charge in [0.15, 0.2) is 11.5 Å². The first-order chi connectivity index (χ1) is 5.27. The van der Waals surface area contributed by atoms with Gasteiger partial charge < -0.3 is 9.84 Å². The Kier molecular flexibility index (Phi) is 4.97. The van der Waals surface area contributed by atoms with Gasteiger partial charge in [0.25, 0.3) is 0 Å². The number of rotatable bonds is 2. The van der Waals surface area contributed by atoms with E-state index in [1.54, 1.807) is 0 Å². The molecular weight excluding hydrogens is 167 g/mol. The number of aldehydes is 1. The minimum Gasteiger partial charge on any atom is -0.504 e. The molecule has 0 saturated carbocycles. The van der Waals surface area contributed by atoms with Crippen LogP contribution < -0.4 is 4.74 Å². The van der Waals surface area contributed by atoms with E-state index in [9.17, 15) is 4.79 Å². The molecule has 0 fully saturated rings. The summed E-state index contributed by atoms with van der Waals surface area (Å²) in [5.41, 5.74) is 0.486. The van der Waals surface area contributed by atoms with Crippen molar-refractivity contribution >= 4 is 35.8 Å². The molecule has 59 valence electrons. The molecule has 3 nitrogen and oxygen atoms in total. The summed E-state index contributed by atoms with van der Waals surface area (Å²) in [6, 6.07) is 4.41. The third kappa shape index (κ3) is 2.52. The smallest absolute Gasteiger partial charge is 0.161 e. The fourth-order valence-corrected chi connectivity index (χ4v) is 0.768. The second kappa shape index (κ2) is 5.19. The maximum absolute atomic E-state index is 10.2. The van der Waals surface area contributed by atoms with E-state index in [4.69, 9.17) is 9.84 Å². The van der Waals surface area contributed by atoms with Crippen molar-refractivity contribution in [3.63, 3.8) is 0 Å². The van der Waals surface area contributed by atoms with Gasteiger partial charge in [0, 0.05) is 35.1 Å². The van der Waals surface area contributed by atoms with Crippen LogP contribution in [0.15, 0.2) is 18.2 Å². The van der Waals surface area contributed by atoms with Gasteiger partial charge in [-0.1, -0.05) is 0 Å². The molecule has 1 rings (SSSR count). The Hall–Kier alpha value is -0.510. The average Bonchev–Trinajstić information content (AvgIpc) is 2.05. The van der Waals surface area contributed by atoms with E-state index in [0.29, 0.717) is 17.6 Å². The van der Waals surface area contributed by atoms with E-state index in [1.807, 2.05) is 0 Å². The quantitative estimate of drug-likeness (QED) is 0.535. The number of carbonyl (C=O) groups is 1. The number of carbonyl (C=O) groups excluding carboxylic acids is 1. The minimum atomic E-state index is 0. The summed E-state index contributed by atoms with van der Waals surface area (Å²) in [7, 11) is 1.43. The van der Waals surface area contributed by atoms with E-state index < -0.39 is 0 Å². The van der Waals surface area contributed by atoms with Crippen LogP contribution in [0.25, 0.3) is 0 Å². The van der Waals surface area contributed by atoms with Gasteiger partial charge in [-0.05, 0) is 18.2 Å². The second-order valence-electron chi connectivity index (χ2n) is 2.05. The number of phenols is 1. The molecule has 0 bridgehead atoms. The van der Waals surface area contributed by atoms with Gasteiger partial charge in [-0.2, -0.15) is 0 Å². The van der Waals surface area contributed by atoms with Crippen molar-refractivity contribution in [2.45, 2.75) is 0 Å². The third-order valence-corrected chi connectivity index (χ3v) is 1.34. The number of methoxy groups -OCH3 is 1. The predicted molar refractivity (Wildman–Crippen MR) is 45.8 cm³/mol. The molecule has 0 aliphatic carbocycles. The first kappa shape index (κ1) is 11.5. The molecule has 0 atom stereocenters. The zero-order valence-electron chi connectivity index (χ0n) is 7.07. The Morgan fingerprint density at radius 3 is 2.67 bits per heavy atom. The van der Waals surface area contributed by atoms with Crippen molar-refractivity contribution in [2.75, 3.05) is 7.11 Å². The number of ether oxygens (including phenoxy) is 1. The summed E-state index contributed by atoms with van der Waals surface area (Å²) in [4.78, 5) is 10.2. The Labute approximate surface area is 92.6 Å². The Balaban J connectivity index is 0.00000121. The van der Waals surface area contributed by atoms with Gasteiger partial charge in [0.2, 0.25) is 0 Å². The average molecular weight is 175 g/mol. The van der Waals surface area contributed by atoms with E-state index in [1.165, 1.54) is 25.3 Å². The van der Waals surface area contributed by atoms with Crippen LogP contribution >= 0.6 is 0 Å². The standard InChI is InChI=1S/C8H8O3.Na/c1-11-8-4-6(5-9)2-3-7(8)10;/h2-5,10H,1H3;. The Bertz CT molecular complexity index is 273. The Morgan fingerprint density at radius 2 is 2.17 bits per heavy atom. The fraction of sp³-hybridized carbons (Fsp3) is 0.125. The largest absolute Gasteiger partial charge is 0.504 e. The van der Waals surface area contributed by atoms with E-state index in [-0.39, 0.29) is 35.3 Å². The minimum absolute atomic E-state index is 0. The maximum Gasteiger partial charge on any atom is 0.161 e. The second-order valence-corrected chi connectivity index (χ2v) is 2.05. The van der Waals surface area contributed by atoms with Gasteiger partial charge in [0.1, 0.15) is 6.29 Å². The van der Waals surface area contributed by atoms with Crippen LogP contribution in [-0.2, 0) is 0 Å². The molecule has 0 heterocycles. The first-order valence-corrected chi connectivity index (χ1v) is 3.10. The fourth-order valence-electron chi connectivity index (χ4n) is 0.768. The summed E-state index contributed by atoms with van der Waals surface area (Å²) in [6.45, 7) is 0.